The van der Waals surface area contributed by atoms with Crippen LogP contribution in [-0.2, 0) is 10.2 Å². The number of nitrogens with one attached hydrogen (secondary N) is 1. The number of amides is 2. The lowest BCUT2D eigenvalue weighted by Gasteiger charge is -2.46. The topological polar surface area (TPSA) is 98.7 Å². The van der Waals surface area contributed by atoms with Crippen molar-refractivity contribution in [1.29, 1.82) is 0 Å². The van der Waals surface area contributed by atoms with Crippen molar-refractivity contribution in [3.05, 3.63) is 23.8 Å². The van der Waals surface area contributed by atoms with E-state index in [9.17, 15) is 14.7 Å². The van der Waals surface area contributed by atoms with E-state index in [1.54, 1.807) is 12.3 Å². The summed E-state index contributed by atoms with van der Waals surface area (Å²) >= 11 is 0. The molecule has 190 valence electrons. The van der Waals surface area contributed by atoms with Crippen LogP contribution >= 0.6 is 0 Å². The third-order valence-corrected chi connectivity index (χ3v) is 7.64. The number of hydrogen-bond donors (Lipinski definition) is 2. The molecule has 1 saturated carbocycles. The Hall–Kier alpha value is -2.06. The lowest BCUT2D eigenvalue weighted by Crippen LogP contribution is -2.54. The molecule has 0 radical (unpaired) electrons. The van der Waals surface area contributed by atoms with Gasteiger partial charge in [-0.3, -0.25) is 9.59 Å². The van der Waals surface area contributed by atoms with Crippen molar-refractivity contribution < 1.29 is 14.7 Å². The number of hydrogen-bond acceptors (Lipinski definition) is 6. The van der Waals surface area contributed by atoms with Gasteiger partial charge in [-0.2, -0.15) is 0 Å². The highest BCUT2D eigenvalue weighted by Crippen LogP contribution is 2.36. The van der Waals surface area contributed by atoms with E-state index in [0.29, 0.717) is 37.3 Å². The van der Waals surface area contributed by atoms with E-state index in [1.807, 2.05) is 32.6 Å². The van der Waals surface area contributed by atoms with Crippen LogP contribution < -0.4 is 5.32 Å². The van der Waals surface area contributed by atoms with E-state index in [1.165, 1.54) is 0 Å². The second-order valence-electron chi connectivity index (χ2n) is 11.3. The average Bonchev–Trinajstić information content (AvgIpc) is 3.16. The summed E-state index contributed by atoms with van der Waals surface area (Å²) in [4.78, 5) is 39.3. The van der Waals surface area contributed by atoms with Crippen LogP contribution in [0.4, 0.5) is 0 Å². The lowest BCUT2D eigenvalue weighted by molar-refractivity contribution is -0.134. The van der Waals surface area contributed by atoms with E-state index in [-0.39, 0.29) is 34.9 Å². The zero-order valence-electron chi connectivity index (χ0n) is 21.9. The number of rotatable bonds is 7. The molecule has 1 saturated heterocycles. The molecule has 0 aromatic carbocycles. The summed E-state index contributed by atoms with van der Waals surface area (Å²) in [5, 5.41) is 13.8. The molecule has 2 aliphatic rings. The zero-order chi connectivity index (χ0) is 25.2. The van der Waals surface area contributed by atoms with Crippen LogP contribution in [-0.4, -0.2) is 80.6 Å². The highest BCUT2D eigenvalue weighted by molar-refractivity contribution is 5.96. The Balaban J connectivity index is 1.69. The maximum absolute atomic E-state index is 13.4. The standard InChI is InChI=1S/C26H43N5O3/c1-8-22(32)18-15-17(30(7)16(2)3)9-10-21(18)31-14-12-20(24(31)34)28-23(33)19-11-13-27-25(29-19)26(4,5)6/h11,13,16-18,20-22,32H,8-10,12,14-15H2,1-7H3,(H,28,33)/t17-,18-,20?,21+,22?/m1/s1. The summed E-state index contributed by atoms with van der Waals surface area (Å²) in [6, 6.07) is 1.88. The number of likely N-dealkylation sites (tertiary alicyclic amines) is 1. The molecule has 1 aliphatic heterocycles. The fraction of sp³-hybridized carbons (Fsp3) is 0.769. The van der Waals surface area contributed by atoms with Gasteiger partial charge in [0.15, 0.2) is 0 Å². The van der Waals surface area contributed by atoms with Crippen molar-refractivity contribution in [2.75, 3.05) is 13.6 Å². The molecule has 0 spiro atoms. The van der Waals surface area contributed by atoms with E-state index in [4.69, 9.17) is 0 Å². The van der Waals surface area contributed by atoms with Gasteiger partial charge in [0.2, 0.25) is 5.91 Å². The van der Waals surface area contributed by atoms with Crippen LogP contribution in [0.5, 0.6) is 0 Å². The second kappa shape index (κ2) is 10.7. The van der Waals surface area contributed by atoms with Gasteiger partial charge in [0, 0.05) is 42.2 Å². The van der Waals surface area contributed by atoms with Crippen LogP contribution in [0.2, 0.25) is 0 Å². The van der Waals surface area contributed by atoms with Crippen LogP contribution in [0.15, 0.2) is 12.3 Å². The minimum absolute atomic E-state index is 0.00714. The molecule has 2 fully saturated rings. The van der Waals surface area contributed by atoms with Crippen LogP contribution in [0, 0.1) is 5.92 Å². The first-order valence-corrected chi connectivity index (χ1v) is 12.8. The largest absolute Gasteiger partial charge is 0.393 e. The van der Waals surface area contributed by atoms with Crippen molar-refractivity contribution in [2.24, 2.45) is 5.92 Å². The third-order valence-electron chi connectivity index (χ3n) is 7.64. The van der Waals surface area contributed by atoms with Crippen molar-refractivity contribution in [2.45, 2.75) is 109 Å². The highest BCUT2D eigenvalue weighted by Gasteiger charge is 2.44. The van der Waals surface area contributed by atoms with Crippen LogP contribution in [0.3, 0.4) is 0 Å². The molecule has 2 unspecified atom stereocenters. The number of carbonyl (C=O) groups is 2. The van der Waals surface area contributed by atoms with Crippen molar-refractivity contribution in [1.82, 2.24) is 25.1 Å². The SMILES string of the molecule is CCC(O)[C@@H]1C[C@H](N(C)C(C)C)CC[C@@H]1N1CCC(NC(=O)c2ccnc(C(C)(C)C)n2)C1=O. The Morgan fingerprint density at radius 2 is 2.00 bits per heavy atom. The number of aliphatic hydroxyl groups is 1. The molecule has 0 bridgehead atoms. The minimum Gasteiger partial charge on any atom is -0.393 e. The van der Waals surface area contributed by atoms with E-state index >= 15 is 0 Å². The van der Waals surface area contributed by atoms with E-state index in [0.717, 1.165) is 19.3 Å². The van der Waals surface area contributed by atoms with Gasteiger partial charge in [-0.25, -0.2) is 9.97 Å². The van der Waals surface area contributed by atoms with Gasteiger partial charge in [-0.05, 0) is 59.1 Å². The summed E-state index contributed by atoms with van der Waals surface area (Å²) in [5.41, 5.74) is 0.0103. The number of nitrogens with zero attached hydrogens (tertiary/aromatic N) is 4. The fourth-order valence-corrected chi connectivity index (χ4v) is 5.30. The molecular formula is C26H43N5O3. The summed E-state index contributed by atoms with van der Waals surface area (Å²) in [6.45, 7) is 13.0. The molecule has 2 heterocycles. The second-order valence-corrected chi connectivity index (χ2v) is 11.3. The number of carbonyl (C=O) groups excluding carboxylic acids is 2. The normalized spacial score (nSPS) is 26.9. The average molecular weight is 474 g/mol. The maximum Gasteiger partial charge on any atom is 0.270 e. The quantitative estimate of drug-likeness (QED) is 0.632. The van der Waals surface area contributed by atoms with Crippen LogP contribution in [0.25, 0.3) is 0 Å². The Bertz CT molecular complexity index is 868. The molecule has 1 aromatic heterocycles. The molecule has 1 aliphatic carbocycles. The maximum atomic E-state index is 13.4. The van der Waals surface area contributed by atoms with Gasteiger partial charge in [0.1, 0.15) is 17.6 Å². The minimum atomic E-state index is -0.559. The molecule has 8 nitrogen and oxygen atoms in total. The first-order valence-electron chi connectivity index (χ1n) is 12.8. The summed E-state index contributed by atoms with van der Waals surface area (Å²) < 4.78 is 0. The van der Waals surface area contributed by atoms with Gasteiger partial charge in [-0.1, -0.05) is 27.7 Å². The fourth-order valence-electron chi connectivity index (χ4n) is 5.30. The predicted molar refractivity (Wildman–Crippen MR) is 132 cm³/mol. The van der Waals surface area contributed by atoms with Gasteiger partial charge in [-0.15, -0.1) is 0 Å². The Morgan fingerprint density at radius 1 is 1.29 bits per heavy atom. The van der Waals surface area contributed by atoms with Crippen LogP contribution in [0.1, 0.15) is 90.0 Å². The van der Waals surface area contributed by atoms with Crippen molar-refractivity contribution >= 4 is 11.8 Å². The summed E-state index contributed by atoms with van der Waals surface area (Å²) in [7, 11) is 2.15. The lowest BCUT2D eigenvalue weighted by atomic mass is 9.76. The third kappa shape index (κ3) is 5.77. The molecule has 3 rings (SSSR count). The Labute approximate surface area is 204 Å². The van der Waals surface area contributed by atoms with Gasteiger partial charge in [0.05, 0.1) is 6.10 Å². The molecule has 2 N–H and O–H groups in total. The number of aliphatic hydroxyl groups excluding tert-OH is 1. The smallest absolute Gasteiger partial charge is 0.270 e. The van der Waals surface area contributed by atoms with Gasteiger partial charge >= 0.3 is 0 Å². The molecule has 34 heavy (non-hydrogen) atoms. The highest BCUT2D eigenvalue weighted by atomic mass is 16.3. The van der Waals surface area contributed by atoms with Gasteiger partial charge < -0.3 is 20.2 Å². The van der Waals surface area contributed by atoms with E-state index < -0.39 is 12.1 Å². The Kier molecular flexibility index (Phi) is 8.34. The van der Waals surface area contributed by atoms with Crippen molar-refractivity contribution in [3.63, 3.8) is 0 Å². The monoisotopic (exact) mass is 473 g/mol. The summed E-state index contributed by atoms with van der Waals surface area (Å²) in [5.74, 6) is 0.242. The van der Waals surface area contributed by atoms with E-state index in [2.05, 4.69) is 41.1 Å². The Morgan fingerprint density at radius 3 is 2.62 bits per heavy atom. The molecule has 2 amide bonds. The zero-order valence-corrected chi connectivity index (χ0v) is 21.9. The van der Waals surface area contributed by atoms with Crippen molar-refractivity contribution in [3.8, 4) is 0 Å². The van der Waals surface area contributed by atoms with Gasteiger partial charge in [0.25, 0.3) is 5.91 Å². The first kappa shape index (κ1) is 26.5. The predicted octanol–water partition coefficient (Wildman–Crippen LogP) is 2.75. The number of aromatic nitrogens is 2. The summed E-state index contributed by atoms with van der Waals surface area (Å²) in [6.07, 6.45) is 5.15. The first-order chi connectivity index (χ1) is 15.9. The molecule has 8 heteroatoms. The molecule has 5 atom stereocenters. The molecular weight excluding hydrogens is 430 g/mol. The molecule has 1 aromatic rings.